The lowest BCUT2D eigenvalue weighted by atomic mass is 10.0. The minimum atomic E-state index is -0.995. The van der Waals surface area contributed by atoms with Gasteiger partial charge in [-0.2, -0.15) is 0 Å². The third-order valence-corrected chi connectivity index (χ3v) is 5.59. The molecule has 1 aromatic heterocycles. The molecule has 2 aromatic rings. The van der Waals surface area contributed by atoms with Crippen molar-refractivity contribution in [3.63, 3.8) is 0 Å². The van der Waals surface area contributed by atoms with Crippen molar-refractivity contribution in [2.75, 3.05) is 42.5 Å². The highest BCUT2D eigenvalue weighted by molar-refractivity contribution is 6.31. The second-order valence-electron chi connectivity index (χ2n) is 7.85. The van der Waals surface area contributed by atoms with Gasteiger partial charge in [-0.1, -0.05) is 11.6 Å². The normalized spacial score (nSPS) is 18.1. The van der Waals surface area contributed by atoms with Crippen molar-refractivity contribution in [2.45, 2.75) is 25.9 Å². The number of halogens is 1. The molecular weight excluding hydrogens is 406 g/mol. The van der Waals surface area contributed by atoms with Crippen LogP contribution in [0, 0.1) is 0 Å². The van der Waals surface area contributed by atoms with Crippen LogP contribution in [0.2, 0.25) is 5.02 Å². The van der Waals surface area contributed by atoms with Gasteiger partial charge in [0.1, 0.15) is 5.75 Å². The topological polar surface area (TPSA) is 78.9 Å². The molecule has 2 amide bonds. The second-order valence-corrected chi connectivity index (χ2v) is 8.28. The lowest BCUT2D eigenvalue weighted by Gasteiger charge is -2.39. The summed E-state index contributed by atoms with van der Waals surface area (Å²) in [6.07, 6.45) is 3.66. The highest BCUT2D eigenvalue weighted by atomic mass is 35.5. The molecular formula is C21H24ClN5O3. The number of benzene rings is 1. The molecule has 1 saturated heterocycles. The number of hydrogen-bond donors (Lipinski definition) is 0. The van der Waals surface area contributed by atoms with Crippen LogP contribution in [0.5, 0.6) is 5.75 Å². The fourth-order valence-corrected chi connectivity index (χ4v) is 3.91. The third kappa shape index (κ3) is 4.05. The van der Waals surface area contributed by atoms with E-state index in [9.17, 15) is 9.59 Å². The Labute approximate surface area is 180 Å². The number of piperazine rings is 1. The van der Waals surface area contributed by atoms with Gasteiger partial charge in [-0.15, -0.1) is 0 Å². The van der Waals surface area contributed by atoms with E-state index in [1.165, 1.54) is 0 Å². The number of anilines is 2. The molecule has 1 aromatic carbocycles. The average molecular weight is 430 g/mol. The number of hydrogen-bond acceptors (Lipinski definition) is 6. The summed E-state index contributed by atoms with van der Waals surface area (Å²) in [6.45, 7) is 6.29. The summed E-state index contributed by atoms with van der Waals surface area (Å²) in [5.41, 5.74) is -0.392. The van der Waals surface area contributed by atoms with Gasteiger partial charge in [0.2, 0.25) is 11.9 Å². The molecule has 30 heavy (non-hydrogen) atoms. The molecule has 1 fully saturated rings. The third-order valence-electron chi connectivity index (χ3n) is 5.35. The Morgan fingerprint density at radius 3 is 2.57 bits per heavy atom. The maximum Gasteiger partial charge on any atom is 0.270 e. The van der Waals surface area contributed by atoms with Gasteiger partial charge in [0.15, 0.2) is 5.60 Å². The summed E-state index contributed by atoms with van der Waals surface area (Å²) in [6, 6.07) is 6.97. The van der Waals surface area contributed by atoms with Crippen molar-refractivity contribution >= 4 is 35.1 Å². The zero-order valence-electron chi connectivity index (χ0n) is 17.0. The van der Waals surface area contributed by atoms with E-state index in [4.69, 9.17) is 16.3 Å². The summed E-state index contributed by atoms with van der Waals surface area (Å²) in [5, 5.41) is 0.514. The number of carbonyl (C=O) groups is 2. The van der Waals surface area contributed by atoms with Crippen LogP contribution in [0.1, 0.15) is 20.3 Å². The van der Waals surface area contributed by atoms with Crippen molar-refractivity contribution in [1.29, 1.82) is 0 Å². The van der Waals surface area contributed by atoms with E-state index in [1.807, 2.05) is 4.90 Å². The molecule has 0 N–H and O–H groups in total. The van der Waals surface area contributed by atoms with Crippen LogP contribution in [0.25, 0.3) is 0 Å². The van der Waals surface area contributed by atoms with Crippen LogP contribution in [0.15, 0.2) is 36.7 Å². The molecule has 0 saturated carbocycles. The molecule has 0 radical (unpaired) electrons. The van der Waals surface area contributed by atoms with Crippen molar-refractivity contribution < 1.29 is 14.3 Å². The van der Waals surface area contributed by atoms with Crippen LogP contribution in [-0.2, 0) is 9.59 Å². The largest absolute Gasteiger partial charge is 0.476 e. The fourth-order valence-electron chi connectivity index (χ4n) is 3.74. The SMILES string of the molecule is CC1(C)Oc2ccc(Cl)cc2N(CCC(=O)N2CCN(c3ncccn3)CC2)C1=O. The number of aromatic nitrogens is 2. The summed E-state index contributed by atoms with van der Waals surface area (Å²) in [7, 11) is 0. The maximum atomic E-state index is 12.9. The fraction of sp³-hybridized carbons (Fsp3) is 0.429. The molecule has 0 aliphatic carbocycles. The number of fused-ring (bicyclic) bond motifs is 1. The van der Waals surface area contributed by atoms with E-state index in [1.54, 1.807) is 55.4 Å². The first-order valence-corrected chi connectivity index (χ1v) is 10.3. The standard InChI is InChI=1S/C21H24ClN5O3/c1-21(2)19(29)27(16-14-15(22)4-5-17(16)30-21)9-6-18(28)25-10-12-26(13-11-25)20-23-7-3-8-24-20/h3-5,7-8,14H,6,9-13H2,1-2H3. The van der Waals surface area contributed by atoms with Crippen molar-refractivity contribution in [3.8, 4) is 5.75 Å². The van der Waals surface area contributed by atoms with Crippen LogP contribution in [0.3, 0.4) is 0 Å². The smallest absolute Gasteiger partial charge is 0.270 e. The highest BCUT2D eigenvalue weighted by Gasteiger charge is 2.41. The Bertz CT molecular complexity index is 945. The van der Waals surface area contributed by atoms with Gasteiger partial charge in [-0.3, -0.25) is 9.59 Å². The Hall–Kier alpha value is -2.87. The molecule has 0 bridgehead atoms. The summed E-state index contributed by atoms with van der Waals surface area (Å²) in [5.74, 6) is 1.10. The molecule has 0 unspecified atom stereocenters. The maximum absolute atomic E-state index is 12.9. The Kier molecular flexibility index (Phi) is 5.51. The molecule has 158 valence electrons. The van der Waals surface area contributed by atoms with Gasteiger partial charge < -0.3 is 19.4 Å². The molecule has 0 spiro atoms. The van der Waals surface area contributed by atoms with E-state index in [0.29, 0.717) is 48.6 Å². The van der Waals surface area contributed by atoms with Crippen LogP contribution in [0.4, 0.5) is 11.6 Å². The van der Waals surface area contributed by atoms with E-state index in [0.717, 1.165) is 0 Å². The Morgan fingerprint density at radius 1 is 1.17 bits per heavy atom. The van der Waals surface area contributed by atoms with Gasteiger partial charge in [-0.25, -0.2) is 9.97 Å². The van der Waals surface area contributed by atoms with Crippen molar-refractivity contribution in [3.05, 3.63) is 41.7 Å². The van der Waals surface area contributed by atoms with E-state index in [2.05, 4.69) is 14.9 Å². The zero-order chi connectivity index (χ0) is 21.3. The van der Waals surface area contributed by atoms with Crippen LogP contribution < -0.4 is 14.5 Å². The summed E-state index contributed by atoms with van der Waals surface area (Å²) < 4.78 is 5.83. The quantitative estimate of drug-likeness (QED) is 0.742. The van der Waals surface area contributed by atoms with Gasteiger partial charge in [-0.05, 0) is 38.1 Å². The molecule has 3 heterocycles. The number of nitrogens with zero attached hydrogens (tertiary/aromatic N) is 5. The Morgan fingerprint density at radius 2 is 1.87 bits per heavy atom. The predicted octanol–water partition coefficient (Wildman–Crippen LogP) is 2.37. The molecule has 4 rings (SSSR count). The number of rotatable bonds is 4. The Balaban J connectivity index is 1.39. The molecule has 2 aliphatic rings. The van der Waals surface area contributed by atoms with E-state index in [-0.39, 0.29) is 24.8 Å². The molecule has 8 nitrogen and oxygen atoms in total. The van der Waals surface area contributed by atoms with E-state index >= 15 is 0 Å². The lowest BCUT2D eigenvalue weighted by Crippen LogP contribution is -2.54. The minimum absolute atomic E-state index is 0.0179. The van der Waals surface area contributed by atoms with Crippen molar-refractivity contribution in [1.82, 2.24) is 14.9 Å². The van der Waals surface area contributed by atoms with E-state index < -0.39 is 5.60 Å². The van der Waals surface area contributed by atoms with Gasteiger partial charge in [0, 0.05) is 56.6 Å². The second kappa shape index (κ2) is 8.10. The zero-order valence-corrected chi connectivity index (χ0v) is 17.8. The minimum Gasteiger partial charge on any atom is -0.476 e. The van der Waals surface area contributed by atoms with Crippen LogP contribution in [-0.4, -0.2) is 65.0 Å². The molecule has 0 atom stereocenters. The highest BCUT2D eigenvalue weighted by Crippen LogP contribution is 2.39. The monoisotopic (exact) mass is 429 g/mol. The number of amides is 2. The summed E-state index contributed by atoms with van der Waals surface area (Å²) >= 11 is 6.13. The average Bonchev–Trinajstić information content (AvgIpc) is 2.75. The first-order valence-electron chi connectivity index (χ1n) is 9.95. The predicted molar refractivity (Wildman–Crippen MR) is 114 cm³/mol. The first kappa shape index (κ1) is 20.4. The lowest BCUT2D eigenvalue weighted by molar-refractivity contribution is -0.133. The first-order chi connectivity index (χ1) is 14.3. The van der Waals surface area contributed by atoms with Crippen molar-refractivity contribution in [2.24, 2.45) is 0 Å². The number of carbonyl (C=O) groups excluding carboxylic acids is 2. The number of ether oxygens (including phenoxy) is 1. The van der Waals surface area contributed by atoms with Gasteiger partial charge in [0.05, 0.1) is 5.69 Å². The van der Waals surface area contributed by atoms with Gasteiger partial charge >= 0.3 is 0 Å². The molecule has 9 heteroatoms. The summed E-state index contributed by atoms with van der Waals surface area (Å²) in [4.78, 5) is 39.8. The molecule has 2 aliphatic heterocycles. The van der Waals surface area contributed by atoms with Crippen LogP contribution >= 0.6 is 11.6 Å². The van der Waals surface area contributed by atoms with Gasteiger partial charge in [0.25, 0.3) is 5.91 Å².